The van der Waals surface area contributed by atoms with Crippen molar-refractivity contribution in [3.63, 3.8) is 0 Å². The van der Waals surface area contributed by atoms with Crippen LogP contribution in [0.15, 0.2) is 28.9 Å². The maximum Gasteiger partial charge on any atom is 0.259 e. The van der Waals surface area contributed by atoms with Crippen LogP contribution in [-0.2, 0) is 0 Å². The molecule has 94 valence electrons. The zero-order valence-corrected chi connectivity index (χ0v) is 11.4. The molecule has 0 aliphatic heterocycles. The number of para-hydroxylation sites is 1. The lowest BCUT2D eigenvalue weighted by molar-refractivity contribution is 0.102. The average Bonchev–Trinajstić information content (AvgIpc) is 2.64. The van der Waals surface area contributed by atoms with Gasteiger partial charge in [0.05, 0.1) is 27.6 Å². The Morgan fingerprint density at radius 2 is 1.83 bits per heavy atom. The van der Waals surface area contributed by atoms with Crippen molar-refractivity contribution in [2.24, 2.45) is 0 Å². The first-order valence-corrected chi connectivity index (χ1v) is 6.06. The van der Waals surface area contributed by atoms with Gasteiger partial charge in [0, 0.05) is 5.56 Å². The summed E-state index contributed by atoms with van der Waals surface area (Å²) in [7, 11) is 0. The summed E-state index contributed by atoms with van der Waals surface area (Å²) in [5, 5.41) is 3.50. The van der Waals surface area contributed by atoms with Crippen LogP contribution in [0.2, 0.25) is 10.0 Å². The van der Waals surface area contributed by atoms with E-state index >= 15 is 0 Å². The zero-order valence-electron chi connectivity index (χ0n) is 9.88. The number of anilines is 1. The van der Waals surface area contributed by atoms with E-state index in [1.165, 1.54) is 0 Å². The molecule has 0 aliphatic rings. The number of hydrogen-bond donors (Lipinski definition) is 1. The minimum atomic E-state index is -0.284. The third kappa shape index (κ3) is 2.37. The van der Waals surface area contributed by atoms with E-state index in [1.807, 2.05) is 0 Å². The maximum atomic E-state index is 12.1. The van der Waals surface area contributed by atoms with Gasteiger partial charge >= 0.3 is 0 Å². The molecule has 2 aromatic rings. The SMILES string of the molecule is Cc1coc(C)c1C(=O)Nc1c(Cl)cccc1Cl. The van der Waals surface area contributed by atoms with Crippen molar-refractivity contribution in [1.29, 1.82) is 0 Å². The molecule has 0 atom stereocenters. The molecule has 0 radical (unpaired) electrons. The number of halogens is 2. The lowest BCUT2D eigenvalue weighted by atomic mass is 10.1. The Bertz CT molecular complexity index is 565. The van der Waals surface area contributed by atoms with Gasteiger partial charge in [0.1, 0.15) is 5.76 Å². The van der Waals surface area contributed by atoms with Crippen molar-refractivity contribution < 1.29 is 9.21 Å². The van der Waals surface area contributed by atoms with Gasteiger partial charge in [-0.2, -0.15) is 0 Å². The molecule has 0 saturated heterocycles. The fraction of sp³-hybridized carbons (Fsp3) is 0.154. The number of nitrogens with one attached hydrogen (secondary N) is 1. The molecule has 18 heavy (non-hydrogen) atoms. The van der Waals surface area contributed by atoms with Crippen LogP contribution >= 0.6 is 23.2 Å². The Hall–Kier alpha value is -1.45. The van der Waals surface area contributed by atoms with Crippen LogP contribution in [0.25, 0.3) is 0 Å². The van der Waals surface area contributed by atoms with Crippen molar-refractivity contribution in [1.82, 2.24) is 0 Å². The molecule has 0 aliphatic carbocycles. The standard InChI is InChI=1S/C13H11Cl2NO2/c1-7-6-18-8(2)11(7)13(17)16-12-9(14)4-3-5-10(12)15/h3-6H,1-2H3,(H,16,17). The van der Waals surface area contributed by atoms with E-state index in [0.717, 1.165) is 5.56 Å². The lowest BCUT2D eigenvalue weighted by Gasteiger charge is -2.09. The topological polar surface area (TPSA) is 42.2 Å². The third-order valence-corrected chi connectivity index (χ3v) is 3.22. The van der Waals surface area contributed by atoms with Crippen molar-refractivity contribution in [3.8, 4) is 0 Å². The van der Waals surface area contributed by atoms with Gasteiger partial charge in [-0.25, -0.2) is 0 Å². The van der Waals surface area contributed by atoms with E-state index in [2.05, 4.69) is 5.32 Å². The molecule has 0 saturated carbocycles. The highest BCUT2D eigenvalue weighted by Crippen LogP contribution is 2.30. The molecule has 1 N–H and O–H groups in total. The summed E-state index contributed by atoms with van der Waals surface area (Å²) in [5.41, 5.74) is 1.69. The quantitative estimate of drug-likeness (QED) is 0.884. The molecule has 1 aromatic heterocycles. The van der Waals surface area contributed by atoms with E-state index in [-0.39, 0.29) is 5.91 Å². The summed E-state index contributed by atoms with van der Waals surface area (Å²) in [6.07, 6.45) is 1.54. The largest absolute Gasteiger partial charge is 0.469 e. The minimum Gasteiger partial charge on any atom is -0.469 e. The number of aryl methyl sites for hydroxylation is 2. The summed E-state index contributed by atoms with van der Waals surface area (Å²) < 4.78 is 5.19. The number of benzene rings is 1. The van der Waals surface area contributed by atoms with Gasteiger partial charge in [0.25, 0.3) is 5.91 Å². The van der Waals surface area contributed by atoms with E-state index in [1.54, 1.807) is 38.3 Å². The molecular weight excluding hydrogens is 273 g/mol. The zero-order chi connectivity index (χ0) is 13.3. The van der Waals surface area contributed by atoms with Gasteiger partial charge in [-0.05, 0) is 26.0 Å². The molecule has 0 bridgehead atoms. The monoisotopic (exact) mass is 283 g/mol. The second-order valence-corrected chi connectivity index (χ2v) is 4.72. The van der Waals surface area contributed by atoms with Crippen molar-refractivity contribution in [2.45, 2.75) is 13.8 Å². The summed E-state index contributed by atoms with van der Waals surface area (Å²) >= 11 is 12.0. The smallest absolute Gasteiger partial charge is 0.259 e. The van der Waals surface area contributed by atoms with Crippen molar-refractivity contribution >= 4 is 34.8 Å². The highest BCUT2D eigenvalue weighted by Gasteiger charge is 2.17. The first kappa shape index (κ1) is 13.0. The number of furan rings is 1. The Labute approximate surface area is 115 Å². The van der Waals surface area contributed by atoms with Gasteiger partial charge in [-0.3, -0.25) is 4.79 Å². The minimum absolute atomic E-state index is 0.284. The van der Waals surface area contributed by atoms with E-state index in [4.69, 9.17) is 27.6 Å². The average molecular weight is 284 g/mol. The van der Waals surface area contributed by atoms with Gasteiger partial charge in [-0.1, -0.05) is 29.3 Å². The van der Waals surface area contributed by atoms with E-state index in [0.29, 0.717) is 27.1 Å². The number of carbonyl (C=O) groups is 1. The predicted octanol–water partition coefficient (Wildman–Crippen LogP) is 4.46. The van der Waals surface area contributed by atoms with Crippen LogP contribution in [0.3, 0.4) is 0 Å². The highest BCUT2D eigenvalue weighted by atomic mass is 35.5. The maximum absolute atomic E-state index is 12.1. The molecule has 1 aromatic carbocycles. The highest BCUT2D eigenvalue weighted by molar-refractivity contribution is 6.40. The van der Waals surface area contributed by atoms with Crippen molar-refractivity contribution in [2.75, 3.05) is 5.32 Å². The van der Waals surface area contributed by atoms with Crippen LogP contribution in [0.5, 0.6) is 0 Å². The molecule has 1 heterocycles. The number of carbonyl (C=O) groups excluding carboxylic acids is 1. The lowest BCUT2D eigenvalue weighted by Crippen LogP contribution is -2.14. The number of rotatable bonds is 2. The predicted molar refractivity (Wildman–Crippen MR) is 72.6 cm³/mol. The summed E-state index contributed by atoms with van der Waals surface area (Å²) in [6.45, 7) is 3.54. The molecule has 3 nitrogen and oxygen atoms in total. The first-order chi connectivity index (χ1) is 8.50. The van der Waals surface area contributed by atoms with Crippen LogP contribution in [-0.4, -0.2) is 5.91 Å². The first-order valence-electron chi connectivity index (χ1n) is 5.30. The Morgan fingerprint density at radius 1 is 1.22 bits per heavy atom. The molecule has 0 fully saturated rings. The van der Waals surface area contributed by atoms with Gasteiger partial charge in [0.2, 0.25) is 0 Å². The third-order valence-electron chi connectivity index (χ3n) is 2.59. The molecule has 2 rings (SSSR count). The second-order valence-electron chi connectivity index (χ2n) is 3.90. The fourth-order valence-corrected chi connectivity index (χ4v) is 2.20. The molecular formula is C13H11Cl2NO2. The van der Waals surface area contributed by atoms with Crippen molar-refractivity contribution in [3.05, 3.63) is 51.4 Å². The van der Waals surface area contributed by atoms with Gasteiger partial charge < -0.3 is 9.73 Å². The Kier molecular flexibility index (Phi) is 3.64. The normalized spacial score (nSPS) is 10.4. The fourth-order valence-electron chi connectivity index (χ4n) is 1.70. The number of hydrogen-bond acceptors (Lipinski definition) is 2. The van der Waals surface area contributed by atoms with Gasteiger partial charge in [-0.15, -0.1) is 0 Å². The van der Waals surface area contributed by atoms with E-state index in [9.17, 15) is 4.79 Å². The van der Waals surface area contributed by atoms with Crippen LogP contribution in [0.1, 0.15) is 21.7 Å². The molecule has 0 spiro atoms. The molecule has 0 unspecified atom stereocenters. The van der Waals surface area contributed by atoms with Crippen LogP contribution < -0.4 is 5.32 Å². The second kappa shape index (κ2) is 5.04. The molecule has 1 amide bonds. The van der Waals surface area contributed by atoms with E-state index < -0.39 is 0 Å². The summed E-state index contributed by atoms with van der Waals surface area (Å²) in [4.78, 5) is 12.1. The van der Waals surface area contributed by atoms with Gasteiger partial charge in [0.15, 0.2) is 0 Å². The molecule has 5 heteroatoms. The van der Waals surface area contributed by atoms with Crippen LogP contribution in [0, 0.1) is 13.8 Å². The Balaban J connectivity index is 2.33. The summed E-state index contributed by atoms with van der Waals surface area (Å²) in [6, 6.07) is 5.05. The summed E-state index contributed by atoms with van der Waals surface area (Å²) in [5.74, 6) is 0.280. The van der Waals surface area contributed by atoms with Crippen LogP contribution in [0.4, 0.5) is 5.69 Å². The number of amides is 1. The Morgan fingerprint density at radius 3 is 2.33 bits per heavy atom.